The van der Waals surface area contributed by atoms with Crippen LogP contribution in [-0.4, -0.2) is 19.8 Å². The van der Waals surface area contributed by atoms with Gasteiger partial charge in [-0.1, -0.05) is 18.2 Å². The summed E-state index contributed by atoms with van der Waals surface area (Å²) >= 11 is 0. The number of para-hydroxylation sites is 1. The minimum atomic E-state index is -0.425. The molecule has 0 spiro atoms. The second-order valence-corrected chi connectivity index (χ2v) is 4.09. The van der Waals surface area contributed by atoms with Crippen LogP contribution in [-0.2, 0) is 10.5 Å². The first-order chi connectivity index (χ1) is 7.15. The number of rotatable bonds is 2. The van der Waals surface area contributed by atoms with E-state index < -0.39 is 5.72 Å². The van der Waals surface area contributed by atoms with Gasteiger partial charge in [0, 0.05) is 11.6 Å². The Morgan fingerprint density at radius 1 is 1.47 bits per heavy atom. The summed E-state index contributed by atoms with van der Waals surface area (Å²) in [5, 5.41) is 3.42. The fourth-order valence-corrected chi connectivity index (χ4v) is 2.04. The Bertz CT molecular complexity index is 353. The summed E-state index contributed by atoms with van der Waals surface area (Å²) in [4.78, 5) is 0. The molecule has 0 aliphatic carbocycles. The first kappa shape index (κ1) is 10.5. The molecule has 1 fully saturated rings. The van der Waals surface area contributed by atoms with Gasteiger partial charge >= 0.3 is 0 Å². The molecule has 3 nitrogen and oxygen atoms in total. The van der Waals surface area contributed by atoms with Crippen LogP contribution >= 0.6 is 0 Å². The minimum Gasteiger partial charge on any atom is -0.496 e. The zero-order valence-electron chi connectivity index (χ0n) is 9.41. The van der Waals surface area contributed by atoms with E-state index in [-0.39, 0.29) is 0 Å². The van der Waals surface area contributed by atoms with Crippen LogP contribution in [0.3, 0.4) is 0 Å². The van der Waals surface area contributed by atoms with Crippen molar-refractivity contribution in [3.05, 3.63) is 29.8 Å². The second-order valence-electron chi connectivity index (χ2n) is 4.09. The lowest BCUT2D eigenvalue weighted by molar-refractivity contribution is 0.000580. The Balaban J connectivity index is 2.36. The highest BCUT2D eigenvalue weighted by Gasteiger charge is 2.36. The van der Waals surface area contributed by atoms with Crippen LogP contribution < -0.4 is 10.1 Å². The summed E-state index contributed by atoms with van der Waals surface area (Å²) in [5.74, 6) is 0.863. The van der Waals surface area contributed by atoms with Gasteiger partial charge in [-0.2, -0.15) is 0 Å². The van der Waals surface area contributed by atoms with Crippen LogP contribution in [0.15, 0.2) is 24.3 Å². The highest BCUT2D eigenvalue weighted by atomic mass is 16.5. The SMILES string of the molecule is COc1ccccc1C1(C)NC(C)CO1. The molecule has 0 amide bonds. The van der Waals surface area contributed by atoms with Crippen molar-refractivity contribution in [2.45, 2.75) is 25.6 Å². The van der Waals surface area contributed by atoms with Gasteiger partial charge in [-0.3, -0.25) is 5.32 Å². The molecule has 0 radical (unpaired) electrons. The predicted molar refractivity (Wildman–Crippen MR) is 58.9 cm³/mol. The van der Waals surface area contributed by atoms with E-state index in [1.165, 1.54) is 0 Å². The van der Waals surface area contributed by atoms with E-state index in [1.807, 2.05) is 31.2 Å². The number of benzene rings is 1. The maximum atomic E-state index is 5.79. The van der Waals surface area contributed by atoms with Gasteiger partial charge in [0.2, 0.25) is 0 Å². The Labute approximate surface area is 90.4 Å². The molecular formula is C12H17NO2. The number of hydrogen-bond acceptors (Lipinski definition) is 3. The number of nitrogens with one attached hydrogen (secondary N) is 1. The van der Waals surface area contributed by atoms with Crippen molar-refractivity contribution in [1.29, 1.82) is 0 Å². The second kappa shape index (κ2) is 3.83. The summed E-state index contributed by atoms with van der Waals surface area (Å²) in [7, 11) is 1.68. The highest BCUT2D eigenvalue weighted by Crippen LogP contribution is 2.33. The molecule has 15 heavy (non-hydrogen) atoms. The van der Waals surface area contributed by atoms with Gasteiger partial charge in [-0.25, -0.2) is 0 Å². The maximum absolute atomic E-state index is 5.79. The van der Waals surface area contributed by atoms with Crippen LogP contribution in [0, 0.1) is 0 Å². The summed E-state index contributed by atoms with van der Waals surface area (Å²) in [6.07, 6.45) is 0. The quantitative estimate of drug-likeness (QED) is 0.803. The van der Waals surface area contributed by atoms with E-state index in [1.54, 1.807) is 7.11 Å². The Hall–Kier alpha value is -1.06. The molecular weight excluding hydrogens is 190 g/mol. The predicted octanol–water partition coefficient (Wildman–Crippen LogP) is 1.88. The average Bonchev–Trinajstić information content (AvgIpc) is 2.60. The van der Waals surface area contributed by atoms with Crippen LogP contribution in [0.4, 0.5) is 0 Å². The van der Waals surface area contributed by atoms with Crippen molar-refractivity contribution in [2.24, 2.45) is 0 Å². The molecule has 2 unspecified atom stereocenters. The van der Waals surface area contributed by atoms with Gasteiger partial charge < -0.3 is 9.47 Å². The van der Waals surface area contributed by atoms with Crippen molar-refractivity contribution in [3.63, 3.8) is 0 Å². The third-order valence-corrected chi connectivity index (χ3v) is 2.76. The van der Waals surface area contributed by atoms with Crippen molar-refractivity contribution < 1.29 is 9.47 Å². The van der Waals surface area contributed by atoms with Gasteiger partial charge in [0.05, 0.1) is 13.7 Å². The molecule has 2 atom stereocenters. The van der Waals surface area contributed by atoms with Crippen molar-refractivity contribution in [1.82, 2.24) is 5.32 Å². The monoisotopic (exact) mass is 207 g/mol. The molecule has 0 saturated carbocycles. The summed E-state index contributed by atoms with van der Waals surface area (Å²) in [6.45, 7) is 4.88. The fraction of sp³-hybridized carbons (Fsp3) is 0.500. The van der Waals surface area contributed by atoms with E-state index in [0.29, 0.717) is 6.04 Å². The smallest absolute Gasteiger partial charge is 0.146 e. The molecule has 1 aliphatic rings. The van der Waals surface area contributed by atoms with Crippen molar-refractivity contribution in [2.75, 3.05) is 13.7 Å². The largest absolute Gasteiger partial charge is 0.496 e. The molecule has 1 aromatic carbocycles. The van der Waals surface area contributed by atoms with Crippen LogP contribution in [0.1, 0.15) is 19.4 Å². The van der Waals surface area contributed by atoms with Gasteiger partial charge in [0.1, 0.15) is 11.5 Å². The molecule has 1 aromatic rings. The first-order valence-corrected chi connectivity index (χ1v) is 5.21. The number of hydrogen-bond donors (Lipinski definition) is 1. The third-order valence-electron chi connectivity index (χ3n) is 2.76. The van der Waals surface area contributed by atoms with Crippen LogP contribution in [0.5, 0.6) is 5.75 Å². The zero-order valence-corrected chi connectivity index (χ0v) is 9.41. The van der Waals surface area contributed by atoms with E-state index >= 15 is 0 Å². The lowest BCUT2D eigenvalue weighted by Crippen LogP contribution is -2.38. The van der Waals surface area contributed by atoms with Crippen molar-refractivity contribution in [3.8, 4) is 5.75 Å². The summed E-state index contributed by atoms with van der Waals surface area (Å²) in [6, 6.07) is 8.32. The van der Waals surface area contributed by atoms with Gasteiger partial charge in [-0.05, 0) is 19.9 Å². The van der Waals surface area contributed by atoms with Crippen LogP contribution in [0.2, 0.25) is 0 Å². The van der Waals surface area contributed by atoms with E-state index in [2.05, 4.69) is 12.2 Å². The lowest BCUT2D eigenvalue weighted by atomic mass is 10.0. The lowest BCUT2D eigenvalue weighted by Gasteiger charge is -2.26. The van der Waals surface area contributed by atoms with Gasteiger partial charge in [-0.15, -0.1) is 0 Å². The Morgan fingerprint density at radius 2 is 2.20 bits per heavy atom. The van der Waals surface area contributed by atoms with E-state index in [0.717, 1.165) is 17.9 Å². The maximum Gasteiger partial charge on any atom is 0.146 e. The molecule has 0 aromatic heterocycles. The molecule has 82 valence electrons. The van der Waals surface area contributed by atoms with Crippen molar-refractivity contribution >= 4 is 0 Å². The van der Waals surface area contributed by atoms with E-state index in [9.17, 15) is 0 Å². The molecule has 0 bridgehead atoms. The molecule has 1 heterocycles. The number of methoxy groups -OCH3 is 1. The molecule has 2 rings (SSSR count). The fourth-order valence-electron chi connectivity index (χ4n) is 2.04. The topological polar surface area (TPSA) is 30.5 Å². The average molecular weight is 207 g/mol. The summed E-state index contributed by atoms with van der Waals surface area (Å²) in [5.41, 5.74) is 0.628. The summed E-state index contributed by atoms with van der Waals surface area (Å²) < 4.78 is 11.1. The third kappa shape index (κ3) is 1.85. The Kier molecular flexibility index (Phi) is 2.67. The minimum absolute atomic E-state index is 0.375. The van der Waals surface area contributed by atoms with Crippen LogP contribution in [0.25, 0.3) is 0 Å². The Morgan fingerprint density at radius 3 is 2.80 bits per heavy atom. The standard InChI is InChI=1S/C12H17NO2/c1-9-8-15-12(2,13-9)10-6-4-5-7-11(10)14-3/h4-7,9,13H,8H2,1-3H3. The first-order valence-electron chi connectivity index (χ1n) is 5.21. The molecule has 3 heteroatoms. The molecule has 1 N–H and O–H groups in total. The highest BCUT2D eigenvalue weighted by molar-refractivity contribution is 5.37. The number of ether oxygens (including phenoxy) is 2. The van der Waals surface area contributed by atoms with E-state index in [4.69, 9.17) is 9.47 Å². The molecule has 1 aliphatic heterocycles. The normalized spacial score (nSPS) is 30.5. The van der Waals surface area contributed by atoms with Gasteiger partial charge in [0.15, 0.2) is 0 Å². The zero-order chi connectivity index (χ0) is 10.9. The molecule has 1 saturated heterocycles. The van der Waals surface area contributed by atoms with Gasteiger partial charge in [0.25, 0.3) is 0 Å².